The number of hydrogen-bond acceptors (Lipinski definition) is 5. The van der Waals surface area contributed by atoms with Gasteiger partial charge in [-0.3, -0.25) is 4.31 Å². The summed E-state index contributed by atoms with van der Waals surface area (Å²) in [7, 11) is -4.33. The van der Waals surface area contributed by atoms with Gasteiger partial charge < -0.3 is 5.11 Å². The number of hydrogen-bond donors (Lipinski definition) is 1. The molecule has 4 rings (SSSR count). The summed E-state index contributed by atoms with van der Waals surface area (Å²) < 4.78 is 28.7. The Balaban J connectivity index is 1.86. The van der Waals surface area contributed by atoms with Crippen LogP contribution in [0.1, 0.15) is 26.2 Å². The fourth-order valence-electron chi connectivity index (χ4n) is 3.97. The number of anilines is 1. The molecule has 1 heterocycles. The molecule has 186 valence electrons. The van der Waals surface area contributed by atoms with Crippen LogP contribution in [0, 0.1) is 0 Å². The van der Waals surface area contributed by atoms with Gasteiger partial charge in [0.25, 0.3) is 10.0 Å². The molecule has 0 radical (unpaired) electrons. The molecule has 0 aliphatic carbocycles. The molecule has 0 saturated heterocycles. The van der Waals surface area contributed by atoms with Gasteiger partial charge in [-0.2, -0.15) is 0 Å². The van der Waals surface area contributed by atoms with Gasteiger partial charge in [-0.25, -0.2) is 23.2 Å². The van der Waals surface area contributed by atoms with Crippen molar-refractivity contribution in [1.82, 2.24) is 9.97 Å². The van der Waals surface area contributed by atoms with Crippen molar-refractivity contribution in [2.75, 3.05) is 4.31 Å². The molecular weight excluding hydrogens is 521 g/mol. The molecule has 7 nitrogen and oxygen atoms in total. The normalized spacial score (nSPS) is 12.4. The Labute approximate surface area is 219 Å². The molecule has 0 fully saturated rings. The minimum atomic E-state index is -4.33. The minimum absolute atomic E-state index is 0.135. The maximum absolute atomic E-state index is 13.9. The van der Waals surface area contributed by atoms with E-state index in [4.69, 9.17) is 23.2 Å². The Morgan fingerprint density at radius 2 is 1.61 bits per heavy atom. The lowest BCUT2D eigenvalue weighted by molar-refractivity contribution is -0.138. The van der Waals surface area contributed by atoms with Crippen LogP contribution in [0.2, 0.25) is 10.0 Å². The Bertz CT molecular complexity index is 1490. The fraction of sp³-hybridized carbons (Fsp3) is 0.192. The second-order valence-electron chi connectivity index (χ2n) is 8.22. The summed E-state index contributed by atoms with van der Waals surface area (Å²) in [6, 6.07) is 14.9. The van der Waals surface area contributed by atoms with Crippen molar-refractivity contribution in [2.24, 2.45) is 0 Å². The number of sulfonamides is 1. The van der Waals surface area contributed by atoms with Crippen molar-refractivity contribution in [1.29, 1.82) is 0 Å². The summed E-state index contributed by atoms with van der Waals surface area (Å²) in [5, 5.41) is 11.9. The van der Waals surface area contributed by atoms with Crippen LogP contribution in [0.25, 0.3) is 22.2 Å². The van der Waals surface area contributed by atoms with Gasteiger partial charge in [-0.1, -0.05) is 61.2 Å². The van der Waals surface area contributed by atoms with E-state index in [1.807, 2.05) is 25.1 Å². The highest BCUT2D eigenvalue weighted by molar-refractivity contribution is 7.93. The van der Waals surface area contributed by atoms with Crippen molar-refractivity contribution in [3.63, 3.8) is 0 Å². The summed E-state index contributed by atoms with van der Waals surface area (Å²) >= 11 is 12.2. The van der Waals surface area contributed by atoms with Crippen molar-refractivity contribution in [2.45, 2.75) is 37.1 Å². The number of fused-ring (bicyclic) bond motifs is 1. The molecule has 0 spiro atoms. The molecule has 1 aromatic heterocycles. The first kappa shape index (κ1) is 25.9. The van der Waals surface area contributed by atoms with E-state index in [2.05, 4.69) is 9.97 Å². The van der Waals surface area contributed by atoms with Crippen LogP contribution in [0.15, 0.2) is 78.0 Å². The quantitative estimate of drug-likeness (QED) is 0.260. The van der Waals surface area contributed by atoms with Gasteiger partial charge in [-0.15, -0.1) is 0 Å². The summed E-state index contributed by atoms with van der Waals surface area (Å²) in [5.74, 6) is -0.673. The number of unbranched alkanes of at least 4 members (excludes halogenated alkanes) is 1. The Kier molecular flexibility index (Phi) is 7.78. The zero-order valence-corrected chi connectivity index (χ0v) is 21.6. The minimum Gasteiger partial charge on any atom is -0.480 e. The number of nitrogens with zero attached hydrogens (tertiary/aromatic N) is 3. The topological polar surface area (TPSA) is 100 Å². The number of carboxylic acids is 1. The van der Waals surface area contributed by atoms with Crippen LogP contribution in [0.3, 0.4) is 0 Å². The summed E-state index contributed by atoms with van der Waals surface area (Å²) in [5.41, 5.74) is 1.03. The third-order valence-electron chi connectivity index (χ3n) is 5.69. The molecule has 1 atom stereocenters. The van der Waals surface area contributed by atoms with E-state index < -0.39 is 22.0 Å². The first-order valence-electron chi connectivity index (χ1n) is 11.2. The highest BCUT2D eigenvalue weighted by Gasteiger charge is 2.36. The number of aromatic nitrogens is 2. The number of carbonyl (C=O) groups is 1. The van der Waals surface area contributed by atoms with E-state index in [1.165, 1.54) is 18.2 Å². The second kappa shape index (κ2) is 10.8. The van der Waals surface area contributed by atoms with E-state index in [-0.39, 0.29) is 27.0 Å². The van der Waals surface area contributed by atoms with E-state index in [0.29, 0.717) is 18.7 Å². The summed E-state index contributed by atoms with van der Waals surface area (Å²) in [4.78, 5) is 20.7. The number of halogens is 2. The third-order valence-corrected chi connectivity index (χ3v) is 7.95. The Morgan fingerprint density at radius 3 is 2.25 bits per heavy atom. The van der Waals surface area contributed by atoms with Crippen LogP contribution in [-0.2, 0) is 14.8 Å². The maximum Gasteiger partial charge on any atom is 0.327 e. The van der Waals surface area contributed by atoms with Crippen LogP contribution in [-0.4, -0.2) is 35.5 Å². The second-order valence-corrected chi connectivity index (χ2v) is 10.9. The van der Waals surface area contributed by atoms with E-state index >= 15 is 0 Å². The lowest BCUT2D eigenvalue weighted by Crippen LogP contribution is -2.45. The number of rotatable bonds is 9. The van der Waals surface area contributed by atoms with Gasteiger partial charge in [-0.05, 0) is 59.7 Å². The smallest absolute Gasteiger partial charge is 0.327 e. The molecular formula is C26H23Cl2N3O4S. The van der Waals surface area contributed by atoms with E-state index in [9.17, 15) is 18.3 Å². The predicted octanol–water partition coefficient (Wildman–Crippen LogP) is 6.44. The molecule has 1 N–H and O–H groups in total. The van der Waals surface area contributed by atoms with Gasteiger partial charge in [0.05, 0.1) is 10.6 Å². The Hall–Kier alpha value is -3.20. The van der Waals surface area contributed by atoms with Crippen LogP contribution in [0.5, 0.6) is 0 Å². The SMILES string of the molecule is CCCCC(C(=O)O)N(c1ccc2cc(-c3ncccn3)ccc2c1)S(=O)(=O)c1cc(Cl)cc(Cl)c1. The number of aliphatic carboxylic acids is 1. The van der Waals surface area contributed by atoms with Crippen LogP contribution >= 0.6 is 23.2 Å². The Morgan fingerprint density at radius 1 is 0.972 bits per heavy atom. The third kappa shape index (κ3) is 5.46. The molecule has 1 unspecified atom stereocenters. The average Bonchev–Trinajstić information content (AvgIpc) is 2.85. The molecule has 36 heavy (non-hydrogen) atoms. The van der Waals surface area contributed by atoms with Gasteiger partial charge in [0.2, 0.25) is 0 Å². The lowest BCUT2D eigenvalue weighted by atomic mass is 10.0. The van der Waals surface area contributed by atoms with E-state index in [1.54, 1.807) is 36.7 Å². The molecule has 4 aromatic rings. The average molecular weight is 544 g/mol. The first-order chi connectivity index (χ1) is 17.2. The fourth-order valence-corrected chi connectivity index (χ4v) is 6.33. The molecule has 0 bridgehead atoms. The lowest BCUT2D eigenvalue weighted by Gasteiger charge is -2.30. The van der Waals surface area contributed by atoms with Gasteiger partial charge in [0.1, 0.15) is 6.04 Å². The first-order valence-corrected chi connectivity index (χ1v) is 13.4. The highest BCUT2D eigenvalue weighted by Crippen LogP contribution is 2.34. The molecule has 0 aliphatic rings. The molecule has 0 amide bonds. The highest BCUT2D eigenvalue weighted by atomic mass is 35.5. The zero-order valence-electron chi connectivity index (χ0n) is 19.3. The molecule has 0 saturated carbocycles. The summed E-state index contributed by atoms with van der Waals surface area (Å²) in [6.45, 7) is 1.92. The number of carboxylic acid groups (broad SMARTS) is 1. The monoisotopic (exact) mass is 543 g/mol. The van der Waals surface area contributed by atoms with Gasteiger partial charge >= 0.3 is 5.97 Å². The maximum atomic E-state index is 13.9. The molecule has 10 heteroatoms. The predicted molar refractivity (Wildman–Crippen MR) is 142 cm³/mol. The van der Waals surface area contributed by atoms with Crippen molar-refractivity contribution < 1.29 is 18.3 Å². The molecule has 0 aliphatic heterocycles. The molecule has 3 aromatic carbocycles. The number of benzene rings is 3. The van der Waals surface area contributed by atoms with Crippen LogP contribution < -0.4 is 4.31 Å². The summed E-state index contributed by atoms with van der Waals surface area (Å²) in [6.07, 6.45) is 4.70. The van der Waals surface area contributed by atoms with E-state index in [0.717, 1.165) is 20.6 Å². The van der Waals surface area contributed by atoms with Crippen molar-refractivity contribution in [3.05, 3.63) is 83.1 Å². The van der Waals surface area contributed by atoms with Crippen LogP contribution in [0.4, 0.5) is 5.69 Å². The standard InChI is InChI=1S/C26H23Cl2N3O4S/c1-2-3-5-24(26(32)33)31(36(34,35)23-15-20(27)14-21(28)16-23)22-9-8-17-12-19(7-6-18(17)13-22)25-29-10-4-11-30-25/h4,6-16,24H,2-3,5H2,1H3,(H,32,33). The largest absolute Gasteiger partial charge is 0.480 e. The van der Waals surface area contributed by atoms with Gasteiger partial charge in [0, 0.05) is 28.0 Å². The van der Waals surface area contributed by atoms with Gasteiger partial charge in [0.15, 0.2) is 5.82 Å². The van der Waals surface area contributed by atoms with Crippen molar-refractivity contribution >= 4 is 55.7 Å². The van der Waals surface area contributed by atoms with Crippen molar-refractivity contribution in [3.8, 4) is 11.4 Å². The zero-order chi connectivity index (χ0) is 25.9.